The van der Waals surface area contributed by atoms with Crippen molar-refractivity contribution in [3.63, 3.8) is 0 Å². The normalized spacial score (nSPS) is 39.5. The second kappa shape index (κ2) is 5.52. The van der Waals surface area contributed by atoms with Crippen molar-refractivity contribution in [3.8, 4) is 0 Å². The molecule has 0 amide bonds. The highest BCUT2D eigenvalue weighted by Gasteiger charge is 2.56. The Kier molecular flexibility index (Phi) is 4.33. The summed E-state index contributed by atoms with van der Waals surface area (Å²) in [4.78, 5) is 23.9. The summed E-state index contributed by atoms with van der Waals surface area (Å²) >= 11 is 0. The Hall–Kier alpha value is -1.10. The van der Waals surface area contributed by atoms with E-state index in [0.717, 1.165) is 6.42 Å². The fourth-order valence-corrected chi connectivity index (χ4v) is 3.83. The molecule has 126 valence electrons. The number of carbonyl (C=O) groups excluding carboxylic acids is 2. The molecule has 4 atom stereocenters. The lowest BCUT2D eigenvalue weighted by Gasteiger charge is -2.44. The minimum Gasteiger partial charge on any atom is -0.463 e. The Balaban J connectivity index is 2.25. The fourth-order valence-electron chi connectivity index (χ4n) is 3.83. The van der Waals surface area contributed by atoms with Crippen molar-refractivity contribution in [3.05, 3.63) is 0 Å². The summed E-state index contributed by atoms with van der Waals surface area (Å²) < 4.78 is 10.9. The molecule has 0 aromatic rings. The molecule has 1 aliphatic carbocycles. The summed E-state index contributed by atoms with van der Waals surface area (Å²) in [5.74, 6) is -0.581. The van der Waals surface area contributed by atoms with Gasteiger partial charge in [-0.15, -0.1) is 0 Å². The van der Waals surface area contributed by atoms with E-state index < -0.39 is 16.4 Å². The lowest BCUT2D eigenvalue weighted by Crippen LogP contribution is -2.51. The SMILES string of the molecule is CC(C)(C)C(=O)O[C@H]1CC[C@@H]2[C@]1(C)CCC(=O)OC[C@@]2(C)O. The van der Waals surface area contributed by atoms with E-state index in [-0.39, 0.29) is 30.6 Å². The number of hydrogen-bond donors (Lipinski definition) is 1. The standard InChI is InChI=1S/C17H28O5/c1-15(2,3)14(19)22-12-7-6-11-16(12,4)9-8-13(18)21-10-17(11,5)20/h11-12,20H,6-10H2,1-5H3/t11-,12+,16+,17-/m1/s1. The molecule has 1 saturated heterocycles. The van der Waals surface area contributed by atoms with Crippen molar-refractivity contribution in [1.29, 1.82) is 0 Å². The van der Waals surface area contributed by atoms with Crippen LogP contribution in [-0.4, -0.2) is 35.4 Å². The number of esters is 2. The Bertz CT molecular complexity index is 462. The number of hydrogen-bond acceptors (Lipinski definition) is 5. The van der Waals surface area contributed by atoms with Gasteiger partial charge in [0.15, 0.2) is 0 Å². The molecule has 1 heterocycles. The van der Waals surface area contributed by atoms with Crippen LogP contribution in [0.2, 0.25) is 0 Å². The van der Waals surface area contributed by atoms with Crippen molar-refractivity contribution in [2.45, 2.75) is 72.0 Å². The van der Waals surface area contributed by atoms with Gasteiger partial charge in [0, 0.05) is 11.8 Å². The van der Waals surface area contributed by atoms with Crippen LogP contribution in [0.1, 0.15) is 60.3 Å². The van der Waals surface area contributed by atoms with Crippen LogP contribution in [0.4, 0.5) is 0 Å². The van der Waals surface area contributed by atoms with Crippen LogP contribution in [-0.2, 0) is 19.1 Å². The molecule has 5 heteroatoms. The molecule has 22 heavy (non-hydrogen) atoms. The maximum absolute atomic E-state index is 12.2. The van der Waals surface area contributed by atoms with E-state index in [0.29, 0.717) is 19.3 Å². The Morgan fingerprint density at radius 3 is 2.55 bits per heavy atom. The Labute approximate surface area is 132 Å². The topological polar surface area (TPSA) is 72.8 Å². The molecule has 2 rings (SSSR count). The van der Waals surface area contributed by atoms with E-state index in [1.54, 1.807) is 6.92 Å². The molecule has 1 aliphatic heterocycles. The van der Waals surface area contributed by atoms with Crippen molar-refractivity contribution in [2.24, 2.45) is 16.7 Å². The van der Waals surface area contributed by atoms with Crippen LogP contribution in [0.3, 0.4) is 0 Å². The molecule has 0 unspecified atom stereocenters. The van der Waals surface area contributed by atoms with Crippen molar-refractivity contribution in [2.75, 3.05) is 6.61 Å². The van der Waals surface area contributed by atoms with E-state index in [1.165, 1.54) is 0 Å². The average molecular weight is 312 g/mol. The number of carbonyl (C=O) groups is 2. The van der Waals surface area contributed by atoms with Crippen LogP contribution >= 0.6 is 0 Å². The summed E-state index contributed by atoms with van der Waals surface area (Å²) in [6.07, 6.45) is 2.08. The zero-order chi connectivity index (χ0) is 16.8. The molecular formula is C17H28O5. The van der Waals surface area contributed by atoms with E-state index in [9.17, 15) is 14.7 Å². The summed E-state index contributed by atoms with van der Waals surface area (Å²) in [5.41, 5.74) is -2.05. The summed E-state index contributed by atoms with van der Waals surface area (Å²) in [7, 11) is 0. The number of rotatable bonds is 1. The third-order valence-corrected chi connectivity index (χ3v) is 5.25. The minimum absolute atomic E-state index is 0.00598. The van der Waals surface area contributed by atoms with Gasteiger partial charge in [0.2, 0.25) is 0 Å². The maximum Gasteiger partial charge on any atom is 0.311 e. The smallest absolute Gasteiger partial charge is 0.311 e. The summed E-state index contributed by atoms with van der Waals surface area (Å²) in [6, 6.07) is 0. The highest BCUT2D eigenvalue weighted by atomic mass is 16.6. The Morgan fingerprint density at radius 1 is 1.32 bits per heavy atom. The molecule has 2 aliphatic rings. The predicted molar refractivity (Wildman–Crippen MR) is 81.0 cm³/mol. The average Bonchev–Trinajstić information content (AvgIpc) is 2.70. The predicted octanol–water partition coefficient (Wildman–Crippen LogP) is 2.45. The van der Waals surface area contributed by atoms with Gasteiger partial charge in [-0.05, 0) is 52.9 Å². The third-order valence-electron chi connectivity index (χ3n) is 5.25. The van der Waals surface area contributed by atoms with Gasteiger partial charge in [0.05, 0.1) is 11.0 Å². The first-order valence-electron chi connectivity index (χ1n) is 8.06. The molecule has 0 aromatic heterocycles. The van der Waals surface area contributed by atoms with Gasteiger partial charge in [-0.25, -0.2) is 0 Å². The quantitative estimate of drug-likeness (QED) is 0.753. The van der Waals surface area contributed by atoms with Gasteiger partial charge in [-0.1, -0.05) is 6.92 Å². The van der Waals surface area contributed by atoms with Gasteiger partial charge >= 0.3 is 11.9 Å². The highest BCUT2D eigenvalue weighted by Crippen LogP contribution is 2.53. The van der Waals surface area contributed by atoms with Crippen molar-refractivity contribution >= 4 is 11.9 Å². The molecule has 0 radical (unpaired) electrons. The minimum atomic E-state index is -1.09. The number of cyclic esters (lactones) is 1. The lowest BCUT2D eigenvalue weighted by atomic mass is 9.67. The number of aliphatic hydroxyl groups is 1. The fraction of sp³-hybridized carbons (Fsp3) is 0.882. The van der Waals surface area contributed by atoms with Crippen LogP contribution in [0.25, 0.3) is 0 Å². The van der Waals surface area contributed by atoms with Gasteiger partial charge in [0.25, 0.3) is 0 Å². The van der Waals surface area contributed by atoms with Gasteiger partial charge in [-0.3, -0.25) is 9.59 Å². The zero-order valence-electron chi connectivity index (χ0n) is 14.3. The van der Waals surface area contributed by atoms with Crippen LogP contribution in [0.15, 0.2) is 0 Å². The second-order valence-corrected chi connectivity index (χ2v) is 8.30. The summed E-state index contributed by atoms with van der Waals surface area (Å²) in [6.45, 7) is 9.23. The first-order chi connectivity index (χ1) is 9.97. The molecule has 2 fully saturated rings. The first-order valence-corrected chi connectivity index (χ1v) is 8.06. The number of fused-ring (bicyclic) bond motifs is 1. The van der Waals surface area contributed by atoms with Crippen molar-refractivity contribution < 1.29 is 24.2 Å². The van der Waals surface area contributed by atoms with Gasteiger partial charge < -0.3 is 14.6 Å². The van der Waals surface area contributed by atoms with E-state index in [4.69, 9.17) is 9.47 Å². The van der Waals surface area contributed by atoms with E-state index in [1.807, 2.05) is 27.7 Å². The Morgan fingerprint density at radius 2 is 1.95 bits per heavy atom. The highest BCUT2D eigenvalue weighted by molar-refractivity contribution is 5.75. The zero-order valence-corrected chi connectivity index (χ0v) is 14.3. The van der Waals surface area contributed by atoms with Gasteiger partial charge in [-0.2, -0.15) is 0 Å². The molecule has 1 N–H and O–H groups in total. The van der Waals surface area contributed by atoms with Gasteiger partial charge in [0.1, 0.15) is 12.7 Å². The molecule has 0 spiro atoms. The molecule has 0 aromatic carbocycles. The monoisotopic (exact) mass is 312 g/mol. The lowest BCUT2D eigenvalue weighted by molar-refractivity contribution is -0.178. The van der Waals surface area contributed by atoms with Crippen LogP contribution < -0.4 is 0 Å². The van der Waals surface area contributed by atoms with Crippen LogP contribution in [0.5, 0.6) is 0 Å². The largest absolute Gasteiger partial charge is 0.463 e. The number of ether oxygens (including phenoxy) is 2. The molecule has 1 saturated carbocycles. The van der Waals surface area contributed by atoms with E-state index >= 15 is 0 Å². The molecule has 5 nitrogen and oxygen atoms in total. The first kappa shape index (κ1) is 17.3. The van der Waals surface area contributed by atoms with E-state index in [2.05, 4.69) is 0 Å². The molecule has 0 bridgehead atoms. The summed E-state index contributed by atoms with van der Waals surface area (Å²) in [5, 5.41) is 10.7. The molecular weight excluding hydrogens is 284 g/mol. The maximum atomic E-state index is 12.2. The van der Waals surface area contributed by atoms with Crippen molar-refractivity contribution in [1.82, 2.24) is 0 Å². The van der Waals surface area contributed by atoms with Crippen LogP contribution in [0, 0.1) is 16.7 Å². The second-order valence-electron chi connectivity index (χ2n) is 8.30. The third kappa shape index (κ3) is 3.14.